The lowest BCUT2D eigenvalue weighted by Crippen LogP contribution is -2.37. The number of amides is 1. The largest absolute Gasteiger partial charge is 0.416 e. The highest BCUT2D eigenvalue weighted by Gasteiger charge is 2.31. The molecule has 0 aliphatic carbocycles. The van der Waals surface area contributed by atoms with Crippen molar-refractivity contribution in [1.29, 1.82) is 0 Å². The summed E-state index contributed by atoms with van der Waals surface area (Å²) >= 11 is 0. The van der Waals surface area contributed by atoms with Crippen molar-refractivity contribution in [1.82, 2.24) is 9.88 Å². The fourth-order valence-corrected chi connectivity index (χ4v) is 3.23. The van der Waals surface area contributed by atoms with Gasteiger partial charge in [-0.3, -0.25) is 9.69 Å². The molecular formula is C20H22F3N3O. The molecule has 0 saturated carbocycles. The number of aromatic nitrogens is 1. The van der Waals surface area contributed by atoms with Crippen LogP contribution in [0.25, 0.3) is 0 Å². The van der Waals surface area contributed by atoms with Crippen LogP contribution in [0.2, 0.25) is 0 Å². The maximum Gasteiger partial charge on any atom is 0.416 e. The molecule has 7 heteroatoms. The minimum atomic E-state index is -4.33. The molecular weight excluding hydrogens is 355 g/mol. The van der Waals surface area contributed by atoms with Gasteiger partial charge in [-0.25, -0.2) is 4.98 Å². The van der Waals surface area contributed by atoms with E-state index in [0.29, 0.717) is 43.9 Å². The van der Waals surface area contributed by atoms with Crippen LogP contribution in [0.1, 0.15) is 29.5 Å². The summed E-state index contributed by atoms with van der Waals surface area (Å²) in [5.41, 5.74) is 1.03. The Morgan fingerprint density at radius 3 is 2.59 bits per heavy atom. The van der Waals surface area contributed by atoms with Gasteiger partial charge >= 0.3 is 6.18 Å². The summed E-state index contributed by atoms with van der Waals surface area (Å²) in [5.74, 6) is 0.382. The number of carbonyl (C=O) groups is 1. The number of carbonyl (C=O) groups excluding carboxylic acids is 1. The van der Waals surface area contributed by atoms with Gasteiger partial charge in [0, 0.05) is 18.7 Å². The number of nitrogens with zero attached hydrogens (tertiary/aromatic N) is 2. The lowest BCUT2D eigenvalue weighted by Gasteiger charge is -2.31. The van der Waals surface area contributed by atoms with Crippen LogP contribution in [0.15, 0.2) is 42.6 Å². The monoisotopic (exact) mass is 377 g/mol. The number of anilines is 1. The molecule has 2 aromatic rings. The molecule has 1 aliphatic heterocycles. The Bertz CT molecular complexity index is 782. The average Bonchev–Trinajstić information content (AvgIpc) is 2.64. The van der Waals surface area contributed by atoms with Gasteiger partial charge in [0.2, 0.25) is 5.91 Å². The van der Waals surface area contributed by atoms with Crippen LogP contribution >= 0.6 is 0 Å². The van der Waals surface area contributed by atoms with Gasteiger partial charge in [-0.15, -0.1) is 0 Å². The van der Waals surface area contributed by atoms with Gasteiger partial charge in [-0.2, -0.15) is 13.2 Å². The molecule has 1 aliphatic rings. The number of likely N-dealkylation sites (tertiary alicyclic amines) is 1. The maximum absolute atomic E-state index is 12.8. The number of hydrogen-bond acceptors (Lipinski definition) is 3. The number of aryl methyl sites for hydroxylation is 1. The molecule has 0 bridgehead atoms. The molecule has 1 amide bonds. The van der Waals surface area contributed by atoms with E-state index in [1.165, 1.54) is 12.1 Å². The molecule has 1 fully saturated rings. The molecule has 0 spiro atoms. The number of benzene rings is 1. The van der Waals surface area contributed by atoms with Crippen LogP contribution in [0, 0.1) is 12.8 Å². The standard InChI is InChI=1S/C20H22F3N3O/c1-14-5-6-18(24-12-14)25-19(27)16-7-9-26(10-8-16)13-15-3-2-4-17(11-15)20(21,22)23/h2-6,11-12,16H,7-10,13H2,1H3,(H,24,25,27). The molecule has 1 aromatic heterocycles. The summed E-state index contributed by atoms with van der Waals surface area (Å²) < 4.78 is 38.5. The third-order valence-electron chi connectivity index (χ3n) is 4.78. The van der Waals surface area contributed by atoms with Gasteiger partial charge in [0.25, 0.3) is 0 Å². The number of halogens is 3. The summed E-state index contributed by atoms with van der Waals surface area (Å²) in [6.07, 6.45) is -1.27. The normalized spacial score (nSPS) is 16.3. The SMILES string of the molecule is Cc1ccc(NC(=O)C2CCN(Cc3cccc(C(F)(F)F)c3)CC2)nc1. The zero-order valence-corrected chi connectivity index (χ0v) is 15.1. The summed E-state index contributed by atoms with van der Waals surface area (Å²) in [7, 11) is 0. The second-order valence-electron chi connectivity index (χ2n) is 6.96. The summed E-state index contributed by atoms with van der Waals surface area (Å²) in [6, 6.07) is 9.08. The van der Waals surface area contributed by atoms with Crippen molar-refractivity contribution in [2.45, 2.75) is 32.5 Å². The fourth-order valence-electron chi connectivity index (χ4n) is 3.23. The van der Waals surface area contributed by atoms with E-state index in [2.05, 4.69) is 15.2 Å². The molecule has 0 unspecified atom stereocenters. The predicted molar refractivity (Wildman–Crippen MR) is 97.0 cm³/mol. The van der Waals surface area contributed by atoms with E-state index in [0.717, 1.165) is 11.6 Å². The third kappa shape index (κ3) is 5.29. The van der Waals surface area contributed by atoms with E-state index in [1.807, 2.05) is 13.0 Å². The second-order valence-corrected chi connectivity index (χ2v) is 6.96. The van der Waals surface area contributed by atoms with Crippen LogP contribution in [0.4, 0.5) is 19.0 Å². The van der Waals surface area contributed by atoms with Crippen LogP contribution in [0.5, 0.6) is 0 Å². The number of rotatable bonds is 4. The minimum absolute atomic E-state index is 0.0509. The quantitative estimate of drug-likeness (QED) is 0.866. The summed E-state index contributed by atoms with van der Waals surface area (Å²) in [5, 5.41) is 2.83. The van der Waals surface area contributed by atoms with E-state index in [1.54, 1.807) is 18.3 Å². The first-order chi connectivity index (χ1) is 12.8. The first-order valence-electron chi connectivity index (χ1n) is 8.93. The lowest BCUT2D eigenvalue weighted by molar-refractivity contribution is -0.137. The molecule has 2 heterocycles. The average molecular weight is 377 g/mol. The van der Waals surface area contributed by atoms with Gasteiger partial charge in [0.15, 0.2) is 0 Å². The van der Waals surface area contributed by atoms with Crippen LogP contribution < -0.4 is 5.32 Å². The summed E-state index contributed by atoms with van der Waals surface area (Å²) in [6.45, 7) is 3.74. The van der Waals surface area contributed by atoms with E-state index in [9.17, 15) is 18.0 Å². The molecule has 3 rings (SSSR count). The van der Waals surface area contributed by atoms with Crippen molar-refractivity contribution in [3.63, 3.8) is 0 Å². The highest BCUT2D eigenvalue weighted by Crippen LogP contribution is 2.30. The fraction of sp³-hybridized carbons (Fsp3) is 0.400. The highest BCUT2D eigenvalue weighted by atomic mass is 19.4. The van der Waals surface area contributed by atoms with Crippen molar-refractivity contribution in [2.75, 3.05) is 18.4 Å². The van der Waals surface area contributed by atoms with Crippen molar-refractivity contribution in [3.8, 4) is 0 Å². The molecule has 4 nitrogen and oxygen atoms in total. The van der Waals surface area contributed by atoms with Gasteiger partial charge in [0.05, 0.1) is 5.56 Å². The van der Waals surface area contributed by atoms with E-state index >= 15 is 0 Å². The first-order valence-corrected chi connectivity index (χ1v) is 8.93. The maximum atomic E-state index is 12.8. The number of piperidine rings is 1. The van der Waals surface area contributed by atoms with E-state index < -0.39 is 11.7 Å². The van der Waals surface area contributed by atoms with Crippen molar-refractivity contribution >= 4 is 11.7 Å². The van der Waals surface area contributed by atoms with Gasteiger partial charge < -0.3 is 5.32 Å². The van der Waals surface area contributed by atoms with Gasteiger partial charge in [-0.05, 0) is 56.1 Å². The molecule has 27 heavy (non-hydrogen) atoms. The lowest BCUT2D eigenvalue weighted by atomic mass is 9.95. The Morgan fingerprint density at radius 2 is 1.96 bits per heavy atom. The number of nitrogens with one attached hydrogen (secondary N) is 1. The van der Waals surface area contributed by atoms with Crippen LogP contribution in [0.3, 0.4) is 0 Å². The molecule has 1 saturated heterocycles. The number of alkyl halides is 3. The Balaban J connectivity index is 1.51. The van der Waals surface area contributed by atoms with E-state index in [4.69, 9.17) is 0 Å². The number of pyridine rings is 1. The van der Waals surface area contributed by atoms with Gasteiger partial charge in [-0.1, -0.05) is 24.3 Å². The highest BCUT2D eigenvalue weighted by molar-refractivity contribution is 5.91. The molecule has 1 N–H and O–H groups in total. The first kappa shape index (κ1) is 19.4. The number of hydrogen-bond donors (Lipinski definition) is 1. The van der Waals surface area contributed by atoms with Gasteiger partial charge in [0.1, 0.15) is 5.82 Å². The zero-order valence-electron chi connectivity index (χ0n) is 15.1. The Kier molecular flexibility index (Phi) is 5.79. The topological polar surface area (TPSA) is 45.2 Å². The minimum Gasteiger partial charge on any atom is -0.310 e. The molecule has 1 aromatic carbocycles. The molecule has 0 atom stereocenters. The Hall–Kier alpha value is -2.41. The second kappa shape index (κ2) is 8.08. The predicted octanol–water partition coefficient (Wildman–Crippen LogP) is 4.26. The van der Waals surface area contributed by atoms with Crippen molar-refractivity contribution < 1.29 is 18.0 Å². The molecule has 0 radical (unpaired) electrons. The van der Waals surface area contributed by atoms with E-state index in [-0.39, 0.29) is 11.8 Å². The van der Waals surface area contributed by atoms with Crippen LogP contribution in [-0.2, 0) is 17.5 Å². The Labute approximate surface area is 156 Å². The van der Waals surface area contributed by atoms with Crippen LogP contribution in [-0.4, -0.2) is 28.9 Å². The van der Waals surface area contributed by atoms with Crippen molar-refractivity contribution in [2.24, 2.45) is 5.92 Å². The smallest absolute Gasteiger partial charge is 0.310 e. The van der Waals surface area contributed by atoms with Crippen molar-refractivity contribution in [3.05, 3.63) is 59.3 Å². The zero-order chi connectivity index (χ0) is 19.4. The third-order valence-corrected chi connectivity index (χ3v) is 4.78. The summed E-state index contributed by atoms with van der Waals surface area (Å²) in [4.78, 5) is 18.6. The Morgan fingerprint density at radius 1 is 1.22 bits per heavy atom. The molecule has 144 valence electrons.